The van der Waals surface area contributed by atoms with Crippen LogP contribution in [0.4, 0.5) is 5.69 Å². The fourth-order valence-corrected chi connectivity index (χ4v) is 3.14. The highest BCUT2D eigenvalue weighted by atomic mass is 79.9. The summed E-state index contributed by atoms with van der Waals surface area (Å²) >= 11 is 5.24. The summed E-state index contributed by atoms with van der Waals surface area (Å²) in [5.41, 5.74) is 1.98. The quantitative estimate of drug-likeness (QED) is 0.905. The van der Waals surface area contributed by atoms with E-state index in [0.717, 1.165) is 30.1 Å². The highest BCUT2D eigenvalue weighted by Crippen LogP contribution is 2.25. The first-order valence-electron chi connectivity index (χ1n) is 5.68. The molecular weight excluding hydrogens is 312 g/mol. The lowest BCUT2D eigenvalue weighted by molar-refractivity contribution is 0.414. The van der Waals surface area contributed by atoms with Crippen LogP contribution >= 0.6 is 27.3 Å². The Hall–Kier alpha value is -1.07. The van der Waals surface area contributed by atoms with Crippen molar-refractivity contribution < 1.29 is 4.74 Å². The summed E-state index contributed by atoms with van der Waals surface area (Å²) in [6.07, 6.45) is 2.75. The smallest absolute Gasteiger partial charge is 0.160 e. The van der Waals surface area contributed by atoms with E-state index in [2.05, 4.69) is 38.4 Å². The molecule has 0 aliphatic heterocycles. The van der Waals surface area contributed by atoms with Gasteiger partial charge in [-0.25, -0.2) is 0 Å². The summed E-state index contributed by atoms with van der Waals surface area (Å²) in [6.45, 7) is 2.85. The van der Waals surface area contributed by atoms with E-state index in [1.54, 1.807) is 24.6 Å². The largest absolute Gasteiger partial charge is 0.493 e. The van der Waals surface area contributed by atoms with Gasteiger partial charge in [0.15, 0.2) is 5.75 Å². The van der Waals surface area contributed by atoms with Crippen molar-refractivity contribution in [3.8, 4) is 5.75 Å². The van der Waals surface area contributed by atoms with Crippen molar-refractivity contribution in [2.45, 2.75) is 13.3 Å². The molecule has 0 fully saturated rings. The first kappa shape index (κ1) is 13.4. The maximum absolute atomic E-state index is 5.28. The zero-order chi connectivity index (χ0) is 13.0. The van der Waals surface area contributed by atoms with Crippen molar-refractivity contribution in [1.29, 1.82) is 0 Å². The topological polar surface area (TPSA) is 34.1 Å². The SMILES string of the molecule is COc1cnc(C)cc1NCCc1ccc(Br)s1. The second-order valence-electron chi connectivity index (χ2n) is 3.91. The number of nitrogens with one attached hydrogen (secondary N) is 1. The molecule has 0 bridgehead atoms. The van der Waals surface area contributed by atoms with Crippen LogP contribution in [0.1, 0.15) is 10.6 Å². The molecule has 0 spiro atoms. The summed E-state index contributed by atoms with van der Waals surface area (Å²) < 4.78 is 6.45. The number of hydrogen-bond acceptors (Lipinski definition) is 4. The van der Waals surface area contributed by atoms with E-state index in [9.17, 15) is 0 Å². The van der Waals surface area contributed by atoms with Crippen LogP contribution in [0.3, 0.4) is 0 Å². The lowest BCUT2D eigenvalue weighted by atomic mass is 10.3. The normalized spacial score (nSPS) is 10.4. The van der Waals surface area contributed by atoms with Crippen LogP contribution in [0.5, 0.6) is 5.75 Å². The predicted octanol–water partition coefficient (Wildman–Crippen LogP) is 3.88. The molecule has 0 aliphatic rings. The van der Waals surface area contributed by atoms with Crippen molar-refractivity contribution in [1.82, 2.24) is 4.98 Å². The molecule has 0 saturated carbocycles. The minimum absolute atomic E-state index is 0.785. The molecule has 5 heteroatoms. The first-order chi connectivity index (χ1) is 8.69. The summed E-state index contributed by atoms with van der Waals surface area (Å²) in [5.74, 6) is 0.785. The highest BCUT2D eigenvalue weighted by Gasteiger charge is 2.04. The highest BCUT2D eigenvalue weighted by molar-refractivity contribution is 9.11. The molecule has 0 amide bonds. The first-order valence-corrected chi connectivity index (χ1v) is 7.28. The van der Waals surface area contributed by atoms with E-state index in [1.807, 2.05) is 13.0 Å². The van der Waals surface area contributed by atoms with Gasteiger partial charge < -0.3 is 10.1 Å². The molecule has 2 aromatic heterocycles. The fraction of sp³-hybridized carbons (Fsp3) is 0.308. The van der Waals surface area contributed by atoms with Crippen molar-refractivity contribution in [2.24, 2.45) is 0 Å². The Morgan fingerprint density at radius 3 is 2.94 bits per heavy atom. The molecular formula is C13H15BrN2OS. The number of pyridine rings is 1. The Morgan fingerprint density at radius 2 is 2.28 bits per heavy atom. The Kier molecular flexibility index (Phi) is 4.60. The van der Waals surface area contributed by atoms with Crippen LogP contribution in [0.25, 0.3) is 0 Å². The standard InChI is InChI=1S/C13H15BrN2OS/c1-9-7-11(12(17-2)8-16-9)15-6-5-10-3-4-13(14)18-10/h3-4,7-8H,5-6H2,1-2H3,(H,15,16). The number of rotatable bonds is 5. The second-order valence-corrected chi connectivity index (χ2v) is 6.46. The van der Waals surface area contributed by atoms with Crippen LogP contribution in [-0.2, 0) is 6.42 Å². The molecule has 3 nitrogen and oxygen atoms in total. The molecule has 0 atom stereocenters. The minimum atomic E-state index is 0.785. The van der Waals surface area contributed by atoms with Crippen molar-refractivity contribution in [3.63, 3.8) is 0 Å². The monoisotopic (exact) mass is 326 g/mol. The zero-order valence-corrected chi connectivity index (χ0v) is 12.8. The van der Waals surface area contributed by atoms with Gasteiger partial charge in [-0.2, -0.15) is 0 Å². The molecule has 0 unspecified atom stereocenters. The molecule has 1 N–H and O–H groups in total. The van der Waals surface area contributed by atoms with Crippen molar-refractivity contribution in [2.75, 3.05) is 19.0 Å². The van der Waals surface area contributed by atoms with E-state index in [-0.39, 0.29) is 0 Å². The number of hydrogen-bond donors (Lipinski definition) is 1. The predicted molar refractivity (Wildman–Crippen MR) is 79.7 cm³/mol. The van der Waals surface area contributed by atoms with Gasteiger partial charge in [0.05, 0.1) is 22.8 Å². The Labute approximate surface area is 119 Å². The van der Waals surface area contributed by atoms with Gasteiger partial charge >= 0.3 is 0 Å². The molecule has 0 aromatic carbocycles. The minimum Gasteiger partial charge on any atom is -0.493 e. The third kappa shape index (κ3) is 3.46. The summed E-state index contributed by atoms with van der Waals surface area (Å²) in [4.78, 5) is 5.57. The Bertz CT molecular complexity index is 527. The van der Waals surface area contributed by atoms with Gasteiger partial charge in [-0.05, 0) is 47.5 Å². The van der Waals surface area contributed by atoms with Crippen LogP contribution < -0.4 is 10.1 Å². The summed E-state index contributed by atoms with van der Waals surface area (Å²) in [6, 6.07) is 6.23. The maximum atomic E-state index is 5.28. The number of halogens is 1. The molecule has 2 rings (SSSR count). The molecule has 0 saturated heterocycles. The molecule has 2 aromatic rings. The average molecular weight is 327 g/mol. The lowest BCUT2D eigenvalue weighted by Gasteiger charge is -2.10. The van der Waals surface area contributed by atoms with E-state index in [4.69, 9.17) is 4.74 Å². The van der Waals surface area contributed by atoms with Gasteiger partial charge in [0.25, 0.3) is 0 Å². The number of anilines is 1. The van der Waals surface area contributed by atoms with Gasteiger partial charge in [0, 0.05) is 17.1 Å². The Balaban J connectivity index is 1.95. The summed E-state index contributed by atoms with van der Waals surface area (Å²) in [5, 5.41) is 3.39. The van der Waals surface area contributed by atoms with Crippen LogP contribution in [0.15, 0.2) is 28.2 Å². The van der Waals surface area contributed by atoms with Gasteiger partial charge in [-0.3, -0.25) is 4.98 Å². The van der Waals surface area contributed by atoms with Gasteiger partial charge in [-0.1, -0.05) is 0 Å². The van der Waals surface area contributed by atoms with E-state index < -0.39 is 0 Å². The zero-order valence-electron chi connectivity index (χ0n) is 10.4. The summed E-state index contributed by atoms with van der Waals surface area (Å²) in [7, 11) is 1.66. The number of aryl methyl sites for hydroxylation is 1. The van der Waals surface area contributed by atoms with Gasteiger partial charge in [0.1, 0.15) is 0 Å². The van der Waals surface area contributed by atoms with E-state index >= 15 is 0 Å². The van der Waals surface area contributed by atoms with E-state index in [1.165, 1.54) is 8.66 Å². The second kappa shape index (κ2) is 6.20. The molecule has 0 aliphatic carbocycles. The van der Waals surface area contributed by atoms with Crippen LogP contribution in [0, 0.1) is 6.92 Å². The Morgan fingerprint density at radius 1 is 1.44 bits per heavy atom. The number of ether oxygens (including phenoxy) is 1. The number of nitrogens with zero attached hydrogens (tertiary/aromatic N) is 1. The van der Waals surface area contributed by atoms with Crippen molar-refractivity contribution in [3.05, 3.63) is 38.8 Å². The lowest BCUT2D eigenvalue weighted by Crippen LogP contribution is -2.06. The number of methoxy groups -OCH3 is 1. The third-order valence-electron chi connectivity index (χ3n) is 2.54. The number of aromatic nitrogens is 1. The van der Waals surface area contributed by atoms with Gasteiger partial charge in [0.2, 0.25) is 0 Å². The molecule has 96 valence electrons. The average Bonchev–Trinajstić information content (AvgIpc) is 2.75. The maximum Gasteiger partial charge on any atom is 0.160 e. The van der Waals surface area contributed by atoms with Crippen molar-refractivity contribution >= 4 is 33.0 Å². The fourth-order valence-electron chi connectivity index (χ4n) is 1.65. The molecule has 0 radical (unpaired) electrons. The molecule has 18 heavy (non-hydrogen) atoms. The number of thiophene rings is 1. The van der Waals surface area contributed by atoms with E-state index in [0.29, 0.717) is 0 Å². The molecule has 2 heterocycles. The third-order valence-corrected chi connectivity index (χ3v) is 4.22. The van der Waals surface area contributed by atoms with Crippen LogP contribution in [0.2, 0.25) is 0 Å². The van der Waals surface area contributed by atoms with Crippen LogP contribution in [-0.4, -0.2) is 18.6 Å². The van der Waals surface area contributed by atoms with Gasteiger partial charge in [-0.15, -0.1) is 11.3 Å².